The number of carboxylic acids is 1. The van der Waals surface area contributed by atoms with Crippen LogP contribution in [0.5, 0.6) is 5.75 Å². The van der Waals surface area contributed by atoms with E-state index in [0.29, 0.717) is 55.8 Å². The number of fused-ring (bicyclic) bond motifs is 1. The summed E-state index contributed by atoms with van der Waals surface area (Å²) in [5, 5.41) is 14.7. The van der Waals surface area contributed by atoms with Gasteiger partial charge in [0.05, 0.1) is 23.1 Å². The second kappa shape index (κ2) is 12.9. The van der Waals surface area contributed by atoms with Crippen LogP contribution in [0, 0.1) is 33.6 Å². The van der Waals surface area contributed by atoms with Crippen LogP contribution in [0.25, 0.3) is 22.0 Å². The monoisotopic (exact) mass is 622 g/mol. The Hall–Kier alpha value is -3.62. The third kappa shape index (κ3) is 6.50. The first-order valence-electron chi connectivity index (χ1n) is 14.6. The summed E-state index contributed by atoms with van der Waals surface area (Å²) in [6.45, 7) is 8.20. The van der Waals surface area contributed by atoms with Crippen LogP contribution in [0.2, 0.25) is 10.0 Å². The molecule has 3 N–H and O–H groups in total. The molecule has 0 saturated heterocycles. The maximum absolute atomic E-state index is 13.8. The largest absolute Gasteiger partial charge is 0.494 e. The van der Waals surface area contributed by atoms with Crippen LogP contribution < -0.4 is 10.1 Å². The van der Waals surface area contributed by atoms with E-state index in [9.17, 15) is 14.7 Å². The zero-order valence-corrected chi connectivity index (χ0v) is 26.3. The number of carbonyl (C=O) groups is 2. The number of nitrogens with zero attached hydrogens (tertiary/aromatic N) is 2. The molecule has 1 fully saturated rings. The van der Waals surface area contributed by atoms with Crippen LogP contribution in [0.15, 0.2) is 30.6 Å². The molecule has 1 aliphatic rings. The normalized spacial score (nSPS) is 16.8. The Morgan fingerprint density at radius 3 is 2.28 bits per heavy atom. The van der Waals surface area contributed by atoms with Gasteiger partial charge in [0.25, 0.3) is 5.91 Å². The van der Waals surface area contributed by atoms with Crippen molar-refractivity contribution in [2.24, 2.45) is 5.92 Å². The van der Waals surface area contributed by atoms with Crippen LogP contribution in [0.3, 0.4) is 0 Å². The number of nitrogens with one attached hydrogen (secondary N) is 2. The first-order valence-corrected chi connectivity index (χ1v) is 15.4. The molecule has 4 aromatic rings. The lowest BCUT2D eigenvalue weighted by Gasteiger charge is -2.26. The van der Waals surface area contributed by atoms with Crippen molar-refractivity contribution in [2.45, 2.75) is 72.3 Å². The minimum Gasteiger partial charge on any atom is -0.494 e. The second-order valence-electron chi connectivity index (χ2n) is 11.4. The molecule has 226 valence electrons. The summed E-state index contributed by atoms with van der Waals surface area (Å²) in [6, 6.07) is 7.58. The molecule has 0 atom stereocenters. The van der Waals surface area contributed by atoms with Gasteiger partial charge in [-0.3, -0.25) is 9.59 Å². The Morgan fingerprint density at radius 2 is 1.65 bits per heavy atom. The van der Waals surface area contributed by atoms with Gasteiger partial charge in [-0.05, 0) is 101 Å². The van der Waals surface area contributed by atoms with Gasteiger partial charge < -0.3 is 20.1 Å². The molecule has 0 aliphatic heterocycles. The van der Waals surface area contributed by atoms with E-state index in [-0.39, 0.29) is 17.9 Å². The van der Waals surface area contributed by atoms with Gasteiger partial charge in [0.1, 0.15) is 17.8 Å². The fraction of sp³-hybridized carbons (Fsp3) is 0.394. The van der Waals surface area contributed by atoms with Crippen LogP contribution in [0.4, 0.5) is 0 Å². The lowest BCUT2D eigenvalue weighted by Crippen LogP contribution is -2.39. The van der Waals surface area contributed by atoms with Gasteiger partial charge in [0.2, 0.25) is 0 Å². The van der Waals surface area contributed by atoms with Crippen LogP contribution in [-0.2, 0) is 11.2 Å². The quantitative estimate of drug-likeness (QED) is 0.166. The smallest absolute Gasteiger partial charge is 0.306 e. The summed E-state index contributed by atoms with van der Waals surface area (Å²) in [6.07, 6.45) is 5.14. The molecule has 10 heteroatoms. The molecule has 1 aliphatic carbocycles. The van der Waals surface area contributed by atoms with Crippen LogP contribution in [0.1, 0.15) is 70.7 Å². The molecule has 2 aromatic carbocycles. The number of rotatable bonds is 9. The van der Waals surface area contributed by atoms with Crippen molar-refractivity contribution in [1.82, 2.24) is 20.3 Å². The molecule has 0 bridgehead atoms. The molecular weight excluding hydrogens is 587 g/mol. The summed E-state index contributed by atoms with van der Waals surface area (Å²) in [5.41, 5.74) is 7.22. The first kappa shape index (κ1) is 30.8. The number of ether oxygens (including phenoxy) is 1. The van der Waals surface area contributed by atoms with Crippen LogP contribution in [-0.4, -0.2) is 44.6 Å². The van der Waals surface area contributed by atoms with E-state index in [1.807, 2.05) is 52.0 Å². The van der Waals surface area contributed by atoms with E-state index in [2.05, 4.69) is 20.3 Å². The molecular formula is C33H36Cl2N4O4. The number of halogens is 2. The van der Waals surface area contributed by atoms with E-state index in [4.69, 9.17) is 27.9 Å². The average Bonchev–Trinajstić information content (AvgIpc) is 3.33. The van der Waals surface area contributed by atoms with Gasteiger partial charge in [0.15, 0.2) is 0 Å². The summed E-state index contributed by atoms with van der Waals surface area (Å²) >= 11 is 13.1. The zero-order chi connectivity index (χ0) is 30.8. The van der Waals surface area contributed by atoms with Gasteiger partial charge >= 0.3 is 5.97 Å². The zero-order valence-electron chi connectivity index (χ0n) is 24.8. The van der Waals surface area contributed by atoms with Crippen molar-refractivity contribution >= 4 is 46.0 Å². The number of amides is 1. The highest BCUT2D eigenvalue weighted by molar-refractivity contribution is 6.35. The van der Waals surface area contributed by atoms with Gasteiger partial charge in [-0.15, -0.1) is 0 Å². The number of carbonyl (C=O) groups excluding carboxylic acids is 1. The maximum Gasteiger partial charge on any atom is 0.306 e. The molecule has 0 unspecified atom stereocenters. The number of aliphatic carboxylic acids is 1. The third-order valence-electron chi connectivity index (χ3n) is 8.40. The predicted octanol–water partition coefficient (Wildman–Crippen LogP) is 7.55. The van der Waals surface area contributed by atoms with Gasteiger partial charge in [-0.2, -0.15) is 0 Å². The first-order chi connectivity index (χ1) is 20.5. The van der Waals surface area contributed by atoms with Gasteiger partial charge in [-0.1, -0.05) is 29.3 Å². The molecule has 8 nitrogen and oxygen atoms in total. The van der Waals surface area contributed by atoms with Crippen molar-refractivity contribution in [1.29, 1.82) is 0 Å². The molecule has 1 saturated carbocycles. The minimum atomic E-state index is -0.770. The van der Waals surface area contributed by atoms with Crippen molar-refractivity contribution < 1.29 is 19.4 Å². The number of benzene rings is 2. The van der Waals surface area contributed by atoms with E-state index in [0.717, 1.165) is 60.9 Å². The Balaban J connectivity index is 1.46. The fourth-order valence-electron chi connectivity index (χ4n) is 6.12. The molecule has 2 aromatic heterocycles. The average molecular weight is 624 g/mol. The molecule has 2 heterocycles. The molecule has 43 heavy (non-hydrogen) atoms. The van der Waals surface area contributed by atoms with E-state index < -0.39 is 5.97 Å². The summed E-state index contributed by atoms with van der Waals surface area (Å²) < 4.78 is 6.07. The molecule has 5 rings (SSSR count). The maximum atomic E-state index is 13.8. The highest BCUT2D eigenvalue weighted by atomic mass is 35.5. The summed E-state index contributed by atoms with van der Waals surface area (Å²) in [5.74, 6) is -0.574. The van der Waals surface area contributed by atoms with Gasteiger partial charge in [0, 0.05) is 39.0 Å². The minimum absolute atomic E-state index is 0.0860. The number of hydrogen-bond donors (Lipinski definition) is 3. The number of aryl methyl sites for hydroxylation is 5. The molecule has 0 radical (unpaired) electrons. The number of carboxylic acid groups (broad SMARTS) is 1. The lowest BCUT2D eigenvalue weighted by molar-refractivity contribution is -0.142. The Labute approximate surface area is 261 Å². The SMILES string of the molecule is Cc1cc(OCCCc2c(C(=O)NC3CCC(C(=O)O)CC3)[nH]c3c(-c4c(C)ncnc4C)c(Cl)ccc23)cc(C)c1Cl. The standard InChI is InChI=1S/C33H36Cl2N4O4/c1-17-14-23(15-18(2)29(17)35)43-13-5-6-24-25-11-12-26(34)28(27-19(3)36-16-37-20(27)4)30(25)39-31(24)32(40)38-22-9-7-21(8-10-22)33(41)42/h11-12,14-16,21-22,39H,5-10,13H2,1-4H3,(H,38,40)(H,41,42). The molecule has 0 spiro atoms. The number of aromatic amines is 1. The van der Waals surface area contributed by atoms with Crippen molar-refractivity contribution in [3.05, 3.63) is 74.4 Å². The van der Waals surface area contributed by atoms with Crippen molar-refractivity contribution in [3.8, 4) is 16.9 Å². The van der Waals surface area contributed by atoms with Gasteiger partial charge in [-0.25, -0.2) is 9.97 Å². The highest BCUT2D eigenvalue weighted by Crippen LogP contribution is 2.40. The van der Waals surface area contributed by atoms with E-state index in [1.54, 1.807) is 0 Å². The topological polar surface area (TPSA) is 117 Å². The Morgan fingerprint density at radius 1 is 1.00 bits per heavy atom. The molecule has 1 amide bonds. The number of aromatic nitrogens is 3. The highest BCUT2D eigenvalue weighted by Gasteiger charge is 2.29. The third-order valence-corrected chi connectivity index (χ3v) is 9.31. The lowest BCUT2D eigenvalue weighted by atomic mass is 9.86. The van der Waals surface area contributed by atoms with Crippen LogP contribution >= 0.6 is 23.2 Å². The van der Waals surface area contributed by atoms with Crippen molar-refractivity contribution in [2.75, 3.05) is 6.61 Å². The Bertz CT molecular complexity index is 1650. The summed E-state index contributed by atoms with van der Waals surface area (Å²) in [7, 11) is 0. The summed E-state index contributed by atoms with van der Waals surface area (Å²) in [4.78, 5) is 37.4. The van der Waals surface area contributed by atoms with E-state index in [1.165, 1.54) is 6.33 Å². The van der Waals surface area contributed by atoms with E-state index >= 15 is 0 Å². The Kier molecular flexibility index (Phi) is 9.28. The number of H-pyrrole nitrogens is 1. The van der Waals surface area contributed by atoms with Crippen molar-refractivity contribution in [3.63, 3.8) is 0 Å². The predicted molar refractivity (Wildman–Crippen MR) is 169 cm³/mol. The second-order valence-corrected chi connectivity index (χ2v) is 12.2. The fourth-order valence-corrected chi connectivity index (χ4v) is 6.48. The number of hydrogen-bond acceptors (Lipinski definition) is 5.